The van der Waals surface area contributed by atoms with Gasteiger partial charge in [0.2, 0.25) is 0 Å². The van der Waals surface area contributed by atoms with Crippen molar-refractivity contribution in [3.05, 3.63) is 0 Å². The first kappa shape index (κ1) is 16.9. The van der Waals surface area contributed by atoms with E-state index in [2.05, 4.69) is 19.2 Å². The lowest BCUT2D eigenvalue weighted by Crippen LogP contribution is -2.42. The SMILES string of the molecule is CCCCCCCOCC(C)(O)CNCCC. The maximum absolute atomic E-state index is 9.99. The average molecular weight is 245 g/mol. The Hall–Kier alpha value is -0.120. The molecule has 3 nitrogen and oxygen atoms in total. The van der Waals surface area contributed by atoms with Gasteiger partial charge >= 0.3 is 0 Å². The van der Waals surface area contributed by atoms with Crippen LogP contribution in [0.25, 0.3) is 0 Å². The van der Waals surface area contributed by atoms with Gasteiger partial charge in [-0.05, 0) is 26.3 Å². The normalized spacial score (nSPS) is 14.8. The van der Waals surface area contributed by atoms with Gasteiger partial charge in [0.05, 0.1) is 12.2 Å². The first-order valence-corrected chi connectivity index (χ1v) is 7.13. The topological polar surface area (TPSA) is 41.5 Å². The summed E-state index contributed by atoms with van der Waals surface area (Å²) >= 11 is 0. The van der Waals surface area contributed by atoms with E-state index in [4.69, 9.17) is 4.74 Å². The second kappa shape index (κ2) is 11.0. The van der Waals surface area contributed by atoms with E-state index in [0.29, 0.717) is 13.2 Å². The second-order valence-electron chi connectivity index (χ2n) is 5.14. The molecule has 0 saturated heterocycles. The van der Waals surface area contributed by atoms with E-state index in [-0.39, 0.29) is 0 Å². The largest absolute Gasteiger partial charge is 0.386 e. The Balaban J connectivity index is 3.32. The standard InChI is InChI=1S/C14H31NO2/c1-4-6-7-8-9-11-17-13-14(3,16)12-15-10-5-2/h15-16H,4-13H2,1-3H3. The third kappa shape index (κ3) is 12.1. The van der Waals surface area contributed by atoms with Crippen LogP contribution in [0, 0.1) is 0 Å². The summed E-state index contributed by atoms with van der Waals surface area (Å²) in [6.45, 7) is 8.92. The van der Waals surface area contributed by atoms with Gasteiger partial charge in [-0.1, -0.05) is 39.5 Å². The van der Waals surface area contributed by atoms with E-state index in [1.54, 1.807) is 0 Å². The first-order valence-electron chi connectivity index (χ1n) is 7.13. The van der Waals surface area contributed by atoms with Crippen LogP contribution in [0.2, 0.25) is 0 Å². The number of aliphatic hydroxyl groups is 1. The summed E-state index contributed by atoms with van der Waals surface area (Å²) in [5.74, 6) is 0. The van der Waals surface area contributed by atoms with E-state index in [1.165, 1.54) is 25.7 Å². The van der Waals surface area contributed by atoms with E-state index in [1.807, 2.05) is 6.92 Å². The molecule has 0 spiro atoms. The third-order valence-corrected chi connectivity index (χ3v) is 2.74. The lowest BCUT2D eigenvalue weighted by Gasteiger charge is -2.23. The summed E-state index contributed by atoms with van der Waals surface area (Å²) < 4.78 is 5.52. The Bertz CT molecular complexity index is 160. The summed E-state index contributed by atoms with van der Waals surface area (Å²) in [6, 6.07) is 0. The molecule has 0 rings (SSSR count). The van der Waals surface area contributed by atoms with Gasteiger partial charge in [-0.2, -0.15) is 0 Å². The number of rotatable bonds is 12. The van der Waals surface area contributed by atoms with Gasteiger partial charge in [0.15, 0.2) is 0 Å². The van der Waals surface area contributed by atoms with Crippen LogP contribution in [0.1, 0.15) is 59.3 Å². The van der Waals surface area contributed by atoms with Crippen LogP contribution in [0.15, 0.2) is 0 Å². The van der Waals surface area contributed by atoms with Crippen molar-refractivity contribution < 1.29 is 9.84 Å². The van der Waals surface area contributed by atoms with Crippen molar-refractivity contribution in [3.8, 4) is 0 Å². The van der Waals surface area contributed by atoms with E-state index < -0.39 is 5.60 Å². The van der Waals surface area contributed by atoms with Crippen LogP contribution in [0.4, 0.5) is 0 Å². The van der Waals surface area contributed by atoms with Gasteiger partial charge in [0.25, 0.3) is 0 Å². The zero-order chi connectivity index (χ0) is 13.0. The molecule has 17 heavy (non-hydrogen) atoms. The van der Waals surface area contributed by atoms with Gasteiger partial charge in [-0.25, -0.2) is 0 Å². The Labute approximate surface area is 107 Å². The number of unbranched alkanes of at least 4 members (excludes halogenated alkanes) is 4. The smallest absolute Gasteiger partial charge is 0.0975 e. The molecule has 0 amide bonds. The molecule has 0 aromatic rings. The van der Waals surface area contributed by atoms with Gasteiger partial charge < -0.3 is 15.2 Å². The van der Waals surface area contributed by atoms with Crippen molar-refractivity contribution >= 4 is 0 Å². The van der Waals surface area contributed by atoms with E-state index >= 15 is 0 Å². The lowest BCUT2D eigenvalue weighted by atomic mass is 10.1. The van der Waals surface area contributed by atoms with Crippen molar-refractivity contribution in [2.24, 2.45) is 0 Å². The first-order chi connectivity index (χ1) is 8.12. The van der Waals surface area contributed by atoms with Gasteiger partial charge in [-0.3, -0.25) is 0 Å². The van der Waals surface area contributed by atoms with Crippen LogP contribution in [0.5, 0.6) is 0 Å². The maximum Gasteiger partial charge on any atom is 0.0975 e. The molecule has 104 valence electrons. The molecular formula is C14H31NO2. The zero-order valence-corrected chi connectivity index (χ0v) is 11.9. The van der Waals surface area contributed by atoms with Gasteiger partial charge in [-0.15, -0.1) is 0 Å². The molecule has 2 N–H and O–H groups in total. The summed E-state index contributed by atoms with van der Waals surface area (Å²) in [7, 11) is 0. The van der Waals surface area contributed by atoms with Crippen molar-refractivity contribution in [2.75, 3.05) is 26.3 Å². The van der Waals surface area contributed by atoms with Crippen molar-refractivity contribution in [3.63, 3.8) is 0 Å². The highest BCUT2D eigenvalue weighted by molar-refractivity contribution is 4.74. The minimum Gasteiger partial charge on any atom is -0.386 e. The zero-order valence-electron chi connectivity index (χ0n) is 11.9. The third-order valence-electron chi connectivity index (χ3n) is 2.74. The molecule has 0 saturated carbocycles. The number of nitrogens with one attached hydrogen (secondary N) is 1. The highest BCUT2D eigenvalue weighted by Crippen LogP contribution is 2.05. The van der Waals surface area contributed by atoms with Crippen LogP contribution in [-0.4, -0.2) is 37.0 Å². The Kier molecular flexibility index (Phi) is 10.9. The predicted octanol–water partition coefficient (Wildman–Crippen LogP) is 2.72. The molecule has 1 atom stereocenters. The molecule has 0 aliphatic carbocycles. The Morgan fingerprint density at radius 1 is 1.06 bits per heavy atom. The summed E-state index contributed by atoms with van der Waals surface area (Å²) in [5.41, 5.74) is -0.738. The van der Waals surface area contributed by atoms with Gasteiger partial charge in [0, 0.05) is 13.2 Å². The molecule has 0 aliphatic heterocycles. The molecule has 0 radical (unpaired) electrons. The molecule has 0 aromatic carbocycles. The monoisotopic (exact) mass is 245 g/mol. The number of ether oxygens (including phenoxy) is 1. The van der Waals surface area contributed by atoms with Crippen LogP contribution in [0.3, 0.4) is 0 Å². The van der Waals surface area contributed by atoms with Crippen molar-refractivity contribution in [2.45, 2.75) is 64.9 Å². The Morgan fingerprint density at radius 2 is 1.76 bits per heavy atom. The van der Waals surface area contributed by atoms with Crippen LogP contribution >= 0.6 is 0 Å². The van der Waals surface area contributed by atoms with Crippen LogP contribution < -0.4 is 5.32 Å². The molecular weight excluding hydrogens is 214 g/mol. The fraction of sp³-hybridized carbons (Fsp3) is 1.00. The fourth-order valence-corrected chi connectivity index (χ4v) is 1.69. The Morgan fingerprint density at radius 3 is 2.41 bits per heavy atom. The minimum atomic E-state index is -0.738. The molecule has 0 heterocycles. The molecule has 0 aromatic heterocycles. The van der Waals surface area contributed by atoms with Crippen molar-refractivity contribution in [1.29, 1.82) is 0 Å². The fourth-order valence-electron chi connectivity index (χ4n) is 1.69. The maximum atomic E-state index is 9.99. The summed E-state index contributed by atoms with van der Waals surface area (Å²) in [6.07, 6.45) is 7.34. The molecule has 1 unspecified atom stereocenters. The van der Waals surface area contributed by atoms with Crippen molar-refractivity contribution in [1.82, 2.24) is 5.32 Å². The quantitative estimate of drug-likeness (QED) is 0.519. The molecule has 3 heteroatoms. The van der Waals surface area contributed by atoms with Crippen LogP contribution in [-0.2, 0) is 4.74 Å². The number of hydrogen-bond acceptors (Lipinski definition) is 3. The summed E-state index contributed by atoms with van der Waals surface area (Å²) in [5, 5.41) is 13.2. The highest BCUT2D eigenvalue weighted by Gasteiger charge is 2.19. The van der Waals surface area contributed by atoms with Gasteiger partial charge in [0.1, 0.15) is 0 Å². The second-order valence-corrected chi connectivity index (χ2v) is 5.14. The lowest BCUT2D eigenvalue weighted by molar-refractivity contribution is -0.0329. The molecule has 0 fully saturated rings. The summed E-state index contributed by atoms with van der Waals surface area (Å²) in [4.78, 5) is 0. The van der Waals surface area contributed by atoms with E-state index in [0.717, 1.165) is 26.0 Å². The predicted molar refractivity (Wildman–Crippen MR) is 73.4 cm³/mol. The highest BCUT2D eigenvalue weighted by atomic mass is 16.5. The molecule has 0 aliphatic rings. The minimum absolute atomic E-state index is 0.428. The molecule has 0 bridgehead atoms. The van der Waals surface area contributed by atoms with E-state index in [9.17, 15) is 5.11 Å². The average Bonchev–Trinajstić information content (AvgIpc) is 2.28. The number of hydrogen-bond donors (Lipinski definition) is 2.